The third-order valence-corrected chi connectivity index (χ3v) is 6.34. The van der Waals surface area contributed by atoms with Gasteiger partial charge in [-0.05, 0) is 30.2 Å². The van der Waals surface area contributed by atoms with Crippen LogP contribution in [0.4, 0.5) is 5.69 Å². The van der Waals surface area contributed by atoms with Gasteiger partial charge < -0.3 is 24.3 Å². The normalized spacial score (nSPS) is 16.0. The second-order valence-electron chi connectivity index (χ2n) is 7.56. The van der Waals surface area contributed by atoms with Gasteiger partial charge in [0.1, 0.15) is 6.04 Å². The molecule has 2 heterocycles. The molecule has 0 aromatic heterocycles. The Kier molecular flexibility index (Phi) is 5.92. The van der Waals surface area contributed by atoms with E-state index < -0.39 is 22.0 Å². The first kappa shape index (κ1) is 21.3. The van der Waals surface area contributed by atoms with Crippen LogP contribution < -0.4 is 29.0 Å². The molecule has 0 spiro atoms. The van der Waals surface area contributed by atoms with Gasteiger partial charge in [0.05, 0.1) is 18.1 Å². The molecule has 4 rings (SSSR count). The van der Waals surface area contributed by atoms with Crippen LogP contribution in [-0.4, -0.2) is 40.4 Å². The maximum atomic E-state index is 13.0. The van der Waals surface area contributed by atoms with Crippen LogP contribution in [0.3, 0.4) is 0 Å². The van der Waals surface area contributed by atoms with Crippen molar-refractivity contribution < 1.29 is 32.2 Å². The Bertz CT molecular complexity index is 1090. The van der Waals surface area contributed by atoms with Crippen LogP contribution in [0.5, 0.6) is 23.0 Å². The van der Waals surface area contributed by atoms with Gasteiger partial charge in [-0.2, -0.15) is 4.72 Å². The minimum absolute atomic E-state index is 0.00159. The zero-order valence-corrected chi connectivity index (χ0v) is 18.0. The van der Waals surface area contributed by atoms with E-state index in [0.29, 0.717) is 48.3 Å². The fourth-order valence-electron chi connectivity index (χ4n) is 3.23. The Morgan fingerprint density at radius 3 is 2.32 bits per heavy atom. The van der Waals surface area contributed by atoms with E-state index in [0.717, 1.165) is 0 Å². The van der Waals surface area contributed by atoms with Crippen LogP contribution >= 0.6 is 0 Å². The van der Waals surface area contributed by atoms with Crippen molar-refractivity contribution in [1.29, 1.82) is 0 Å². The van der Waals surface area contributed by atoms with Crippen molar-refractivity contribution in [2.45, 2.75) is 31.2 Å². The van der Waals surface area contributed by atoms with Gasteiger partial charge >= 0.3 is 0 Å². The maximum Gasteiger partial charge on any atom is 0.242 e. The molecule has 0 radical (unpaired) electrons. The quantitative estimate of drug-likeness (QED) is 0.698. The highest BCUT2D eigenvalue weighted by atomic mass is 32.2. The van der Waals surface area contributed by atoms with Crippen molar-refractivity contribution in [2.24, 2.45) is 5.92 Å². The lowest BCUT2D eigenvalue weighted by Gasteiger charge is -2.22. The Morgan fingerprint density at radius 2 is 1.55 bits per heavy atom. The largest absolute Gasteiger partial charge is 0.490 e. The number of nitrogens with one attached hydrogen (secondary N) is 2. The zero-order valence-electron chi connectivity index (χ0n) is 17.2. The van der Waals surface area contributed by atoms with Crippen LogP contribution in [0.15, 0.2) is 41.3 Å². The summed E-state index contributed by atoms with van der Waals surface area (Å²) in [6.07, 6.45) is 0.713. The molecule has 0 saturated carbocycles. The fourth-order valence-corrected chi connectivity index (χ4v) is 4.59. The molecule has 10 heteroatoms. The van der Waals surface area contributed by atoms with Crippen molar-refractivity contribution in [3.63, 3.8) is 0 Å². The summed E-state index contributed by atoms with van der Waals surface area (Å²) < 4.78 is 50.2. The molecule has 0 fully saturated rings. The number of sulfonamides is 1. The molecule has 166 valence electrons. The molecular weight excluding hydrogens is 424 g/mol. The van der Waals surface area contributed by atoms with Crippen molar-refractivity contribution >= 4 is 21.6 Å². The molecule has 0 aliphatic carbocycles. The van der Waals surface area contributed by atoms with Gasteiger partial charge in [-0.3, -0.25) is 4.79 Å². The van der Waals surface area contributed by atoms with Gasteiger partial charge in [0, 0.05) is 24.2 Å². The summed E-state index contributed by atoms with van der Waals surface area (Å²) in [5.41, 5.74) is 0.481. The van der Waals surface area contributed by atoms with E-state index in [-0.39, 0.29) is 17.6 Å². The molecule has 2 aliphatic heterocycles. The third kappa shape index (κ3) is 4.70. The molecule has 0 saturated heterocycles. The van der Waals surface area contributed by atoms with E-state index in [4.69, 9.17) is 18.9 Å². The average molecular weight is 448 g/mol. The molecule has 2 aromatic carbocycles. The highest BCUT2D eigenvalue weighted by molar-refractivity contribution is 7.89. The number of benzene rings is 2. The summed E-state index contributed by atoms with van der Waals surface area (Å²) in [5, 5.41) is 2.74. The molecule has 0 unspecified atom stereocenters. The lowest BCUT2D eigenvalue weighted by atomic mass is 10.0. The molecule has 9 nitrogen and oxygen atoms in total. The Morgan fingerprint density at radius 1 is 0.903 bits per heavy atom. The minimum Gasteiger partial charge on any atom is -0.490 e. The molecule has 2 aromatic rings. The van der Waals surface area contributed by atoms with Crippen LogP contribution in [0.1, 0.15) is 20.3 Å². The number of ether oxygens (including phenoxy) is 4. The maximum absolute atomic E-state index is 13.0. The Labute approximate surface area is 180 Å². The number of fused-ring (bicyclic) bond motifs is 2. The van der Waals surface area contributed by atoms with Gasteiger partial charge in [0.15, 0.2) is 23.0 Å². The van der Waals surface area contributed by atoms with E-state index >= 15 is 0 Å². The number of hydrogen-bond acceptors (Lipinski definition) is 7. The smallest absolute Gasteiger partial charge is 0.242 e. The number of rotatable bonds is 6. The van der Waals surface area contributed by atoms with Gasteiger partial charge in [-0.25, -0.2) is 8.42 Å². The predicted octanol–water partition coefficient (Wildman–Crippen LogP) is 2.52. The van der Waals surface area contributed by atoms with Gasteiger partial charge in [-0.1, -0.05) is 13.8 Å². The molecule has 0 bridgehead atoms. The number of hydrogen-bond donors (Lipinski definition) is 2. The van der Waals surface area contributed by atoms with E-state index in [1.165, 1.54) is 12.1 Å². The van der Waals surface area contributed by atoms with Crippen molar-refractivity contribution in [3.8, 4) is 23.0 Å². The Hall–Kier alpha value is -2.98. The van der Waals surface area contributed by atoms with E-state index in [1.807, 2.05) is 0 Å². The molecule has 31 heavy (non-hydrogen) atoms. The van der Waals surface area contributed by atoms with Crippen molar-refractivity contribution in [3.05, 3.63) is 36.4 Å². The van der Waals surface area contributed by atoms with Crippen molar-refractivity contribution in [1.82, 2.24) is 4.72 Å². The van der Waals surface area contributed by atoms with Gasteiger partial charge in [0.2, 0.25) is 22.7 Å². The summed E-state index contributed by atoms with van der Waals surface area (Å²) >= 11 is 0. The van der Waals surface area contributed by atoms with Crippen LogP contribution in [0.25, 0.3) is 0 Å². The molecule has 2 N–H and O–H groups in total. The van der Waals surface area contributed by atoms with Gasteiger partial charge in [-0.15, -0.1) is 0 Å². The van der Waals surface area contributed by atoms with E-state index in [1.54, 1.807) is 38.1 Å². The van der Waals surface area contributed by atoms with E-state index in [2.05, 4.69) is 10.0 Å². The van der Waals surface area contributed by atoms with E-state index in [9.17, 15) is 13.2 Å². The topological polar surface area (TPSA) is 112 Å². The third-order valence-electron chi connectivity index (χ3n) is 4.90. The lowest BCUT2D eigenvalue weighted by molar-refractivity contribution is -0.118. The average Bonchev–Trinajstić information content (AvgIpc) is 3.07. The molecule has 2 aliphatic rings. The second-order valence-corrected chi connectivity index (χ2v) is 9.27. The monoisotopic (exact) mass is 448 g/mol. The first-order chi connectivity index (χ1) is 14.8. The zero-order chi connectivity index (χ0) is 22.0. The SMILES string of the molecule is CC(C)[C@H](NS(=O)(=O)c1ccc2c(c1)OCCCO2)C(=O)Nc1ccc2c(c1)OCO2. The fraction of sp³-hybridized carbons (Fsp3) is 0.381. The van der Waals surface area contributed by atoms with Crippen LogP contribution in [0.2, 0.25) is 0 Å². The minimum atomic E-state index is -3.99. The number of anilines is 1. The molecular formula is C21H24N2O7S. The molecule has 1 amide bonds. The summed E-state index contributed by atoms with van der Waals surface area (Å²) in [7, 11) is -3.99. The molecule has 1 atom stereocenters. The summed E-state index contributed by atoms with van der Waals surface area (Å²) in [4.78, 5) is 12.9. The summed E-state index contributed by atoms with van der Waals surface area (Å²) in [6, 6.07) is 8.40. The number of carbonyl (C=O) groups is 1. The summed E-state index contributed by atoms with van der Waals surface area (Å²) in [6.45, 7) is 4.60. The summed E-state index contributed by atoms with van der Waals surface area (Å²) in [5.74, 6) is 1.19. The second kappa shape index (κ2) is 8.64. The number of carbonyl (C=O) groups excluding carboxylic acids is 1. The number of amides is 1. The Balaban J connectivity index is 1.52. The first-order valence-corrected chi connectivity index (χ1v) is 11.4. The van der Waals surface area contributed by atoms with Crippen molar-refractivity contribution in [2.75, 3.05) is 25.3 Å². The van der Waals surface area contributed by atoms with Crippen LogP contribution in [-0.2, 0) is 14.8 Å². The van der Waals surface area contributed by atoms with Crippen LogP contribution in [0, 0.1) is 5.92 Å². The lowest BCUT2D eigenvalue weighted by Crippen LogP contribution is -2.47. The highest BCUT2D eigenvalue weighted by Crippen LogP contribution is 2.34. The first-order valence-electron chi connectivity index (χ1n) is 9.96. The predicted molar refractivity (Wildman–Crippen MR) is 112 cm³/mol. The highest BCUT2D eigenvalue weighted by Gasteiger charge is 2.29. The standard InChI is InChI=1S/C21H24N2O7S/c1-13(2)20(21(24)22-14-4-6-17-18(10-14)30-12-29-17)23-31(25,26)15-5-7-16-19(11-15)28-9-3-8-27-16/h4-7,10-11,13,20,23H,3,8-9,12H2,1-2H3,(H,22,24)/t20-/m0/s1. The van der Waals surface area contributed by atoms with Gasteiger partial charge in [0.25, 0.3) is 0 Å².